The summed E-state index contributed by atoms with van der Waals surface area (Å²) in [4.78, 5) is 4.69. The molecule has 1 N–H and O–H groups in total. The Morgan fingerprint density at radius 2 is 0.548 bits per heavy atom. The van der Waals surface area contributed by atoms with E-state index in [-0.39, 0.29) is 36.6 Å². The van der Waals surface area contributed by atoms with Crippen molar-refractivity contribution in [3.8, 4) is 5.75 Å². The monoisotopic (exact) mass is 1740 g/mol. The van der Waals surface area contributed by atoms with E-state index in [4.69, 9.17) is 133 Å². The van der Waals surface area contributed by atoms with Crippen molar-refractivity contribution in [2.24, 2.45) is 0 Å². The van der Waals surface area contributed by atoms with Gasteiger partial charge in [0.05, 0.1) is 267 Å². The maximum absolute atomic E-state index is 9.38. The number of ether oxygens (including phenoxy) is 28. The van der Waals surface area contributed by atoms with E-state index in [1.165, 1.54) is 59.3 Å². The number of hydrogen-bond acceptors (Lipinski definition) is 31. The number of nitrogens with zero attached hydrogens (tertiary/aromatic N) is 2. The van der Waals surface area contributed by atoms with E-state index < -0.39 is 6.10 Å². The topological polar surface area (TPSA) is 345 Å². The molecule has 124 heavy (non-hydrogen) atoms. The summed E-state index contributed by atoms with van der Waals surface area (Å²) in [6, 6.07) is 36.6. The number of benzene rings is 4. The molecule has 18 aliphatic heterocycles. The normalized spacial score (nSPS) is 29.9. The third-order valence-electron chi connectivity index (χ3n) is 21.8. The molecule has 4 aromatic rings. The number of unbranched alkanes of at least 4 members (excludes halogenated alkanes) is 2. The van der Waals surface area contributed by atoms with E-state index in [1.807, 2.05) is 18.2 Å². The highest BCUT2D eigenvalue weighted by molar-refractivity contribution is 5.50. The molecule has 18 atom stereocenters. The van der Waals surface area contributed by atoms with Gasteiger partial charge in [0.1, 0.15) is 85.6 Å². The lowest BCUT2D eigenvalue weighted by Gasteiger charge is -2.23. The number of rotatable bonds is 59. The number of anilines is 2. The van der Waals surface area contributed by atoms with Gasteiger partial charge in [-0.3, -0.25) is 0 Å². The maximum Gasteiger partial charge on any atom is 0.119 e. The molecule has 0 bridgehead atoms. The second-order valence-electron chi connectivity index (χ2n) is 34.4. The van der Waals surface area contributed by atoms with Crippen molar-refractivity contribution in [1.29, 1.82) is 0 Å². The Morgan fingerprint density at radius 1 is 0.266 bits per heavy atom. The predicted molar refractivity (Wildman–Crippen MR) is 451 cm³/mol. The van der Waals surface area contributed by atoms with Crippen molar-refractivity contribution < 1.29 is 138 Å². The van der Waals surface area contributed by atoms with Crippen LogP contribution in [0.15, 0.2) is 103 Å². The van der Waals surface area contributed by atoms with Gasteiger partial charge in [-0.15, -0.1) is 0 Å². The fraction of sp³-hybridized carbons (Fsp3) is 0.742. The Hall–Kier alpha value is -4.84. The van der Waals surface area contributed by atoms with Gasteiger partial charge in [0.25, 0.3) is 0 Å². The second kappa shape index (κ2) is 52.3. The molecule has 4 aromatic carbocycles. The molecule has 692 valence electrons. The first-order valence-electron chi connectivity index (χ1n) is 45.7. The summed E-state index contributed by atoms with van der Waals surface area (Å²) in [5, 5.41) is 9.38. The molecule has 18 unspecified atom stereocenters. The average molecular weight is 1750 g/mol. The molecule has 22 rings (SSSR count). The van der Waals surface area contributed by atoms with Crippen LogP contribution in [0.1, 0.15) is 60.8 Å². The lowest BCUT2D eigenvalue weighted by molar-refractivity contribution is -0.0661. The van der Waals surface area contributed by atoms with Gasteiger partial charge in [-0.1, -0.05) is 79.6 Å². The number of para-hydroxylation sites is 1. The van der Waals surface area contributed by atoms with Crippen LogP contribution in [0.4, 0.5) is 11.4 Å². The lowest BCUT2D eigenvalue weighted by Crippen LogP contribution is -2.31. The molecule has 18 saturated heterocycles. The third-order valence-corrected chi connectivity index (χ3v) is 21.8. The van der Waals surface area contributed by atoms with E-state index >= 15 is 0 Å². The Labute approximate surface area is 730 Å². The van der Waals surface area contributed by atoms with E-state index in [1.54, 1.807) is 0 Å². The highest BCUT2D eigenvalue weighted by Crippen LogP contribution is 2.29. The lowest BCUT2D eigenvalue weighted by atomic mass is 10.0. The fourth-order valence-corrected chi connectivity index (χ4v) is 12.6. The van der Waals surface area contributed by atoms with Crippen LogP contribution in [0.5, 0.6) is 5.75 Å². The van der Waals surface area contributed by atoms with Gasteiger partial charge in [-0.2, -0.15) is 0 Å². The van der Waals surface area contributed by atoms with Crippen LogP contribution in [-0.4, -0.2) is 391 Å². The van der Waals surface area contributed by atoms with E-state index in [0.717, 1.165) is 209 Å². The third kappa shape index (κ3) is 46.6. The fourth-order valence-electron chi connectivity index (χ4n) is 12.6. The zero-order valence-electron chi connectivity index (χ0n) is 72.3. The molecule has 0 amide bonds. The first-order chi connectivity index (χ1) is 61.2. The summed E-state index contributed by atoms with van der Waals surface area (Å²) < 4.78 is 147. The quantitative estimate of drug-likeness (QED) is 0.0388. The van der Waals surface area contributed by atoms with Gasteiger partial charge in [0.15, 0.2) is 0 Å². The smallest absolute Gasteiger partial charge is 0.119 e. The van der Waals surface area contributed by atoms with Gasteiger partial charge in [-0.05, 0) is 90.8 Å². The standard InChI is InChI=1S/C19H20O2.C15H19NO4.C12H15NO2.C12H20O6.C10H18O4.C9H16O5.C8H14O4.C8H14O2/c1-5-16(10-18-12-20-18)6-2-14(1)9-15-3-7-17(8-4-15)11-19-13-21-19;1-3-12(17-9-15-10-20-15)4-2-11(1)16(5-13-7-18-13)6-14-8-19-14;1-2-4-10(5-3-1)13(6-11-8-14-11)7-12-9-15-12;1(13-3-10-5-16-10)9(15-7-12-8-18-12)2-14-4-11-6-17-11;1(3-11-5-9-7-13-9)2-4-12-6-10-8-14-10;10-7(1-11-3-8-5-13-8)2-12-4-9-6-14-9;1(9-3-7-5-11-7)2-10-4-8-6-12-8;1(3-7-5-9-7)2-4-8-6-10-8/h1-8,18-19H,9-13H2;1-4,13-15H,5-10H2;1-5,11-12H,6-9H2;9-12H,1-8H2;9-10H,1-8H2;7-10H,1-6H2;7-8H,1-6H2;7-8H,1-6H2. The number of epoxide rings is 18. The molecule has 0 aliphatic carbocycles. The van der Waals surface area contributed by atoms with Gasteiger partial charge in [0, 0.05) is 63.6 Å². The summed E-state index contributed by atoms with van der Waals surface area (Å²) in [6.07, 6.45) is 16.8. The zero-order valence-corrected chi connectivity index (χ0v) is 72.3. The second-order valence-corrected chi connectivity index (χ2v) is 34.4. The summed E-state index contributed by atoms with van der Waals surface area (Å²) in [6.45, 7) is 31.0. The van der Waals surface area contributed by atoms with Crippen molar-refractivity contribution in [2.75, 3.05) is 274 Å². The van der Waals surface area contributed by atoms with Crippen LogP contribution >= 0.6 is 0 Å². The van der Waals surface area contributed by atoms with Crippen LogP contribution in [0.3, 0.4) is 0 Å². The summed E-state index contributed by atoms with van der Waals surface area (Å²) >= 11 is 0. The Morgan fingerprint density at radius 3 is 0.879 bits per heavy atom. The van der Waals surface area contributed by atoms with Gasteiger partial charge in [-0.25, -0.2) is 0 Å². The van der Waals surface area contributed by atoms with E-state index in [0.29, 0.717) is 172 Å². The SMILES string of the molecule is C(CCC1CO1)CC1CO1.C(CCOCC1CO1)COCC1CO1.C(COCC1CO1)OCC1CO1.C(OCC1CO1)C(COCC1CO1)OCC1CO1.OC(COCC1CO1)COCC1CO1.c1cc(CC2CO2)ccc1Cc1ccc(CC2CO2)cc1.c1cc(N(CC2CO2)CC2CO2)ccc1OCC1CO1.c1ccc(N(CC2CO2)CC2CO2)cc1. The van der Waals surface area contributed by atoms with E-state index in [2.05, 4.69) is 94.7 Å². The molecule has 0 radical (unpaired) electrons. The van der Waals surface area contributed by atoms with E-state index in [9.17, 15) is 5.11 Å². The highest BCUT2D eigenvalue weighted by Gasteiger charge is 2.36. The molecular weight excluding hydrogens is 1610 g/mol. The molecule has 31 nitrogen and oxygen atoms in total. The predicted octanol–water partition coefficient (Wildman–Crippen LogP) is 6.06. The van der Waals surface area contributed by atoms with Crippen molar-refractivity contribution in [3.63, 3.8) is 0 Å². The summed E-state index contributed by atoms with van der Waals surface area (Å²) in [7, 11) is 0. The van der Waals surface area contributed by atoms with Crippen molar-refractivity contribution >= 4 is 11.4 Å². The number of aliphatic hydroxyl groups excluding tert-OH is 1. The number of aliphatic hydroxyl groups is 1. The molecule has 0 spiro atoms. The van der Waals surface area contributed by atoms with Crippen molar-refractivity contribution in [1.82, 2.24) is 0 Å². The highest BCUT2D eigenvalue weighted by atomic mass is 16.7. The molecule has 18 aliphatic rings. The Bertz CT molecular complexity index is 3300. The molecule has 0 saturated carbocycles. The Balaban J connectivity index is 0.000000111. The Kier molecular flexibility index (Phi) is 39.5. The van der Waals surface area contributed by atoms with Crippen LogP contribution < -0.4 is 14.5 Å². The summed E-state index contributed by atoms with van der Waals surface area (Å²) in [5.74, 6) is 0.898. The minimum absolute atomic E-state index is 0.0355. The van der Waals surface area contributed by atoms with Crippen molar-refractivity contribution in [3.05, 3.63) is 125 Å². The van der Waals surface area contributed by atoms with Crippen molar-refractivity contribution in [2.45, 2.75) is 180 Å². The minimum atomic E-state index is -0.549. The van der Waals surface area contributed by atoms with Crippen LogP contribution in [0.2, 0.25) is 0 Å². The number of hydrogen-bond donors (Lipinski definition) is 1. The van der Waals surface area contributed by atoms with Crippen LogP contribution in [-0.2, 0) is 147 Å². The molecule has 0 aromatic heterocycles. The molecular formula is C93H136N2O29. The van der Waals surface area contributed by atoms with Crippen LogP contribution in [0.25, 0.3) is 0 Å². The molecule has 18 heterocycles. The molecule has 31 heteroatoms. The average Bonchev–Trinajstić information content (AvgIpc) is 1.69. The van der Waals surface area contributed by atoms with Gasteiger partial charge >= 0.3 is 0 Å². The first kappa shape index (κ1) is 93.8. The zero-order chi connectivity index (χ0) is 84.2. The minimum Gasteiger partial charge on any atom is -0.491 e. The van der Waals surface area contributed by atoms with Crippen LogP contribution in [0, 0.1) is 0 Å². The summed E-state index contributed by atoms with van der Waals surface area (Å²) in [5.41, 5.74) is 7.96. The largest absolute Gasteiger partial charge is 0.491 e. The van der Waals surface area contributed by atoms with Gasteiger partial charge < -0.3 is 148 Å². The first-order valence-corrected chi connectivity index (χ1v) is 45.7. The van der Waals surface area contributed by atoms with Gasteiger partial charge in [0.2, 0.25) is 0 Å². The maximum atomic E-state index is 9.38. The molecule has 18 fully saturated rings.